The lowest BCUT2D eigenvalue weighted by molar-refractivity contribution is 0.102. The lowest BCUT2D eigenvalue weighted by Crippen LogP contribution is -2.12. The zero-order valence-corrected chi connectivity index (χ0v) is 16.0. The third-order valence-electron chi connectivity index (χ3n) is 3.66. The number of anilines is 1. The van der Waals surface area contributed by atoms with Gasteiger partial charge in [-0.05, 0) is 36.4 Å². The standard InChI is InChI=1S/C19H14BrClN4O/c20-14-4-1-3-13(11-14)18-17(12-25(24-18)10-2-9-22)19(26)23-16-7-5-15(21)6-8-16/h1,3-8,11-12H,2,10H2,(H,23,26). The van der Waals surface area contributed by atoms with Crippen LogP contribution in [0.4, 0.5) is 5.69 Å². The number of carbonyl (C=O) groups is 1. The molecule has 0 aliphatic rings. The van der Waals surface area contributed by atoms with Gasteiger partial charge in [-0.3, -0.25) is 9.48 Å². The topological polar surface area (TPSA) is 70.7 Å². The molecule has 1 N–H and O–H groups in total. The van der Waals surface area contributed by atoms with Gasteiger partial charge >= 0.3 is 0 Å². The van der Waals surface area contributed by atoms with E-state index in [4.69, 9.17) is 16.9 Å². The van der Waals surface area contributed by atoms with Crippen molar-refractivity contribution in [3.8, 4) is 17.3 Å². The van der Waals surface area contributed by atoms with Crippen molar-refractivity contribution in [1.82, 2.24) is 9.78 Å². The highest BCUT2D eigenvalue weighted by Gasteiger charge is 2.18. The Labute approximate surface area is 164 Å². The normalized spacial score (nSPS) is 10.3. The Morgan fingerprint density at radius 2 is 2.04 bits per heavy atom. The predicted octanol–water partition coefficient (Wildman–Crippen LogP) is 5.13. The van der Waals surface area contributed by atoms with Gasteiger partial charge in [0.05, 0.1) is 24.6 Å². The molecule has 1 aromatic heterocycles. The molecule has 0 bridgehead atoms. The molecule has 0 atom stereocenters. The first-order chi connectivity index (χ1) is 12.6. The molecule has 7 heteroatoms. The maximum absolute atomic E-state index is 12.8. The highest BCUT2D eigenvalue weighted by molar-refractivity contribution is 9.10. The molecule has 0 unspecified atom stereocenters. The van der Waals surface area contributed by atoms with E-state index in [0.29, 0.717) is 34.9 Å². The van der Waals surface area contributed by atoms with E-state index in [1.54, 1.807) is 35.1 Å². The Hall–Kier alpha value is -2.62. The van der Waals surface area contributed by atoms with Crippen LogP contribution in [0.1, 0.15) is 16.8 Å². The number of hydrogen-bond acceptors (Lipinski definition) is 3. The van der Waals surface area contributed by atoms with Crippen molar-refractivity contribution < 1.29 is 4.79 Å². The fraction of sp³-hybridized carbons (Fsp3) is 0.105. The van der Waals surface area contributed by atoms with Crippen LogP contribution < -0.4 is 5.32 Å². The Balaban J connectivity index is 1.95. The summed E-state index contributed by atoms with van der Waals surface area (Å²) >= 11 is 9.32. The molecule has 3 rings (SSSR count). The van der Waals surface area contributed by atoms with E-state index in [-0.39, 0.29) is 5.91 Å². The number of halogens is 2. The van der Waals surface area contributed by atoms with E-state index in [1.807, 2.05) is 24.3 Å². The van der Waals surface area contributed by atoms with Crippen LogP contribution in [-0.4, -0.2) is 15.7 Å². The molecule has 2 aromatic carbocycles. The molecule has 0 aliphatic heterocycles. The molecule has 26 heavy (non-hydrogen) atoms. The maximum atomic E-state index is 12.8. The van der Waals surface area contributed by atoms with Crippen LogP contribution in [0.3, 0.4) is 0 Å². The summed E-state index contributed by atoms with van der Waals surface area (Å²) in [5.41, 5.74) is 2.47. The van der Waals surface area contributed by atoms with E-state index in [2.05, 4.69) is 32.4 Å². The zero-order chi connectivity index (χ0) is 18.5. The van der Waals surface area contributed by atoms with Gasteiger partial charge < -0.3 is 5.32 Å². The first kappa shape index (κ1) is 18.2. The minimum absolute atomic E-state index is 0.273. The van der Waals surface area contributed by atoms with E-state index in [1.165, 1.54) is 0 Å². The third kappa shape index (κ3) is 4.31. The number of nitrogens with one attached hydrogen (secondary N) is 1. The fourth-order valence-electron chi connectivity index (χ4n) is 2.45. The Morgan fingerprint density at radius 1 is 1.27 bits per heavy atom. The first-order valence-electron chi connectivity index (χ1n) is 7.84. The minimum Gasteiger partial charge on any atom is -0.322 e. The number of hydrogen-bond donors (Lipinski definition) is 1. The van der Waals surface area contributed by atoms with Gasteiger partial charge in [-0.15, -0.1) is 0 Å². The van der Waals surface area contributed by atoms with Crippen molar-refractivity contribution in [2.75, 3.05) is 5.32 Å². The van der Waals surface area contributed by atoms with Gasteiger partial charge in [0, 0.05) is 26.9 Å². The number of nitrogens with zero attached hydrogens (tertiary/aromatic N) is 3. The average Bonchev–Trinajstić information content (AvgIpc) is 3.06. The van der Waals surface area contributed by atoms with Crippen molar-refractivity contribution in [3.63, 3.8) is 0 Å². The smallest absolute Gasteiger partial charge is 0.259 e. The second-order valence-corrected chi connectivity index (χ2v) is 6.89. The van der Waals surface area contributed by atoms with Crippen molar-refractivity contribution in [2.24, 2.45) is 0 Å². The van der Waals surface area contributed by atoms with Gasteiger partial charge in [0.15, 0.2) is 0 Å². The molecular weight excluding hydrogens is 416 g/mol. The van der Waals surface area contributed by atoms with Crippen molar-refractivity contribution in [1.29, 1.82) is 5.26 Å². The van der Waals surface area contributed by atoms with Crippen LogP contribution in [0.15, 0.2) is 59.2 Å². The molecule has 3 aromatic rings. The lowest BCUT2D eigenvalue weighted by Gasteiger charge is -2.06. The van der Waals surface area contributed by atoms with Crippen molar-refractivity contribution >= 4 is 39.1 Å². The quantitative estimate of drug-likeness (QED) is 0.611. The first-order valence-corrected chi connectivity index (χ1v) is 9.01. The maximum Gasteiger partial charge on any atom is 0.259 e. The van der Waals surface area contributed by atoms with Crippen LogP contribution in [0.5, 0.6) is 0 Å². The summed E-state index contributed by atoms with van der Waals surface area (Å²) in [4.78, 5) is 12.8. The van der Waals surface area contributed by atoms with Gasteiger partial charge in [-0.1, -0.05) is 39.7 Å². The number of aromatic nitrogens is 2. The second-order valence-electron chi connectivity index (χ2n) is 5.53. The van der Waals surface area contributed by atoms with Crippen LogP contribution in [0.25, 0.3) is 11.3 Å². The van der Waals surface area contributed by atoms with Gasteiger partial charge in [0.25, 0.3) is 5.91 Å². The van der Waals surface area contributed by atoms with Gasteiger partial charge in [-0.2, -0.15) is 10.4 Å². The number of rotatable bonds is 5. The number of benzene rings is 2. The Kier molecular flexibility index (Phi) is 5.71. The van der Waals surface area contributed by atoms with E-state index in [0.717, 1.165) is 10.0 Å². The van der Waals surface area contributed by atoms with Crippen molar-refractivity contribution in [3.05, 3.63) is 69.8 Å². The average molecular weight is 430 g/mol. The zero-order valence-electron chi connectivity index (χ0n) is 13.6. The summed E-state index contributed by atoms with van der Waals surface area (Å²) in [6.07, 6.45) is 1.98. The third-order valence-corrected chi connectivity index (χ3v) is 4.40. The fourth-order valence-corrected chi connectivity index (χ4v) is 2.97. The highest BCUT2D eigenvalue weighted by atomic mass is 79.9. The van der Waals surface area contributed by atoms with Gasteiger partial charge in [0.1, 0.15) is 5.69 Å². The molecule has 0 saturated carbocycles. The van der Waals surface area contributed by atoms with Gasteiger partial charge in [0.2, 0.25) is 0 Å². The SMILES string of the molecule is N#CCCn1cc(C(=O)Nc2ccc(Cl)cc2)c(-c2cccc(Br)c2)n1. The Bertz CT molecular complexity index is 976. The van der Waals surface area contributed by atoms with Crippen LogP contribution >= 0.6 is 27.5 Å². The van der Waals surface area contributed by atoms with Crippen LogP contribution in [0, 0.1) is 11.3 Å². The molecule has 0 spiro atoms. The van der Waals surface area contributed by atoms with Gasteiger partial charge in [-0.25, -0.2) is 0 Å². The number of amides is 1. The predicted molar refractivity (Wildman–Crippen MR) is 105 cm³/mol. The number of aryl methyl sites for hydroxylation is 1. The molecule has 0 radical (unpaired) electrons. The van der Waals surface area contributed by atoms with E-state index in [9.17, 15) is 4.79 Å². The molecule has 130 valence electrons. The molecule has 1 amide bonds. The summed E-state index contributed by atoms with van der Waals surface area (Å²) in [7, 11) is 0. The summed E-state index contributed by atoms with van der Waals surface area (Å²) in [6, 6.07) is 16.6. The highest BCUT2D eigenvalue weighted by Crippen LogP contribution is 2.26. The molecule has 0 aliphatic carbocycles. The number of carbonyl (C=O) groups excluding carboxylic acids is 1. The van der Waals surface area contributed by atoms with Crippen molar-refractivity contribution in [2.45, 2.75) is 13.0 Å². The summed E-state index contributed by atoms with van der Waals surface area (Å²) < 4.78 is 2.52. The summed E-state index contributed by atoms with van der Waals surface area (Å²) in [5.74, 6) is -0.273. The van der Waals surface area contributed by atoms with E-state index >= 15 is 0 Å². The monoisotopic (exact) mass is 428 g/mol. The second kappa shape index (κ2) is 8.17. The molecule has 5 nitrogen and oxygen atoms in total. The Morgan fingerprint density at radius 3 is 2.73 bits per heavy atom. The summed E-state index contributed by atoms with van der Waals surface area (Å²) in [5, 5.41) is 16.7. The molecule has 0 fully saturated rings. The molecule has 0 saturated heterocycles. The van der Waals surface area contributed by atoms with E-state index < -0.39 is 0 Å². The number of nitriles is 1. The summed E-state index contributed by atoms with van der Waals surface area (Å²) in [6.45, 7) is 0.422. The largest absolute Gasteiger partial charge is 0.322 e. The van der Waals surface area contributed by atoms with Crippen LogP contribution in [-0.2, 0) is 6.54 Å². The minimum atomic E-state index is -0.273. The molecule has 1 heterocycles. The van der Waals surface area contributed by atoms with Crippen LogP contribution in [0.2, 0.25) is 5.02 Å². The molecular formula is C19H14BrClN4O. The lowest BCUT2D eigenvalue weighted by atomic mass is 10.1.